The Morgan fingerprint density at radius 1 is 0.833 bits per heavy atom. The molecular weight excluding hydrogens is 388 g/mol. The topological polar surface area (TPSA) is 27.7 Å². The normalized spacial score (nSPS) is 13.4. The van der Waals surface area contributed by atoms with Crippen molar-refractivity contribution in [3.8, 4) is 0 Å². The Morgan fingerprint density at radius 3 is 1.87 bits per heavy atom. The molecule has 4 heteroatoms. The smallest absolute Gasteiger partial charge is 0.261 e. The molecule has 0 heterocycles. The molecule has 2 aromatic carbocycles. The van der Waals surface area contributed by atoms with E-state index in [2.05, 4.69) is 88.4 Å². The Labute approximate surface area is 184 Å². The third-order valence-corrected chi connectivity index (χ3v) is 10.7. The fourth-order valence-electron chi connectivity index (χ4n) is 4.16. The van der Waals surface area contributed by atoms with Crippen LogP contribution in [0.5, 0.6) is 0 Å². The Kier molecular flexibility index (Phi) is 10.3. The van der Waals surface area contributed by atoms with E-state index in [0.29, 0.717) is 13.4 Å². The summed E-state index contributed by atoms with van der Waals surface area (Å²) in [5.74, 6) is 0. The summed E-state index contributed by atoms with van der Waals surface area (Å²) >= 11 is 0. The van der Waals surface area contributed by atoms with Gasteiger partial charge in [-0.15, -0.1) is 0 Å². The molecule has 0 saturated carbocycles. The number of unbranched alkanes of at least 4 members (excludes halogenated alkanes) is 3. The van der Waals surface area contributed by atoms with Crippen LogP contribution in [0, 0.1) is 0 Å². The van der Waals surface area contributed by atoms with Gasteiger partial charge in [0.2, 0.25) is 0 Å². The minimum absolute atomic E-state index is 0.0241. The van der Waals surface area contributed by atoms with E-state index >= 15 is 0 Å². The Morgan fingerprint density at radius 2 is 1.40 bits per heavy atom. The molecule has 0 aliphatic rings. The summed E-state index contributed by atoms with van der Waals surface area (Å²) in [6.45, 7) is 10.1. The van der Waals surface area contributed by atoms with Gasteiger partial charge >= 0.3 is 0 Å². The molecular formula is C26H40O3Si. The van der Waals surface area contributed by atoms with Gasteiger partial charge in [0.15, 0.2) is 0 Å². The van der Waals surface area contributed by atoms with Gasteiger partial charge in [-0.2, -0.15) is 0 Å². The molecule has 166 valence electrons. The lowest BCUT2D eigenvalue weighted by atomic mass is 10.1. The van der Waals surface area contributed by atoms with Crippen molar-refractivity contribution < 1.29 is 13.9 Å². The summed E-state index contributed by atoms with van der Waals surface area (Å²) in [5, 5.41) is 2.59. The zero-order valence-electron chi connectivity index (χ0n) is 19.5. The van der Waals surface area contributed by atoms with E-state index in [0.717, 1.165) is 12.8 Å². The molecule has 0 fully saturated rings. The van der Waals surface area contributed by atoms with Crippen molar-refractivity contribution in [3.05, 3.63) is 60.7 Å². The van der Waals surface area contributed by atoms with Crippen LogP contribution in [0.25, 0.3) is 0 Å². The molecule has 2 rings (SSSR count). The third kappa shape index (κ3) is 6.52. The van der Waals surface area contributed by atoms with Gasteiger partial charge in [0.25, 0.3) is 8.32 Å². The molecule has 2 aromatic rings. The molecule has 0 aliphatic heterocycles. The van der Waals surface area contributed by atoms with Crippen LogP contribution in [0.1, 0.15) is 59.8 Å². The van der Waals surface area contributed by atoms with Crippen molar-refractivity contribution in [1.82, 2.24) is 0 Å². The van der Waals surface area contributed by atoms with Crippen molar-refractivity contribution in [2.75, 3.05) is 20.5 Å². The van der Waals surface area contributed by atoms with Crippen LogP contribution < -0.4 is 10.4 Å². The van der Waals surface area contributed by atoms with Crippen LogP contribution in [0.2, 0.25) is 5.04 Å². The highest BCUT2D eigenvalue weighted by Gasteiger charge is 2.50. The van der Waals surface area contributed by atoms with Crippen molar-refractivity contribution in [1.29, 1.82) is 0 Å². The number of ether oxygens (including phenoxy) is 2. The first-order valence-electron chi connectivity index (χ1n) is 11.3. The lowest BCUT2D eigenvalue weighted by Gasteiger charge is -2.43. The second-order valence-electron chi connectivity index (χ2n) is 9.02. The molecule has 0 spiro atoms. The number of rotatable bonds is 13. The third-order valence-electron chi connectivity index (χ3n) is 5.70. The largest absolute Gasteiger partial charge is 0.405 e. The van der Waals surface area contributed by atoms with Crippen LogP contribution in [0.3, 0.4) is 0 Å². The molecule has 0 bridgehead atoms. The van der Waals surface area contributed by atoms with Gasteiger partial charge in [-0.1, -0.05) is 114 Å². The quantitative estimate of drug-likeness (QED) is 0.239. The molecule has 0 amide bonds. The lowest BCUT2D eigenvalue weighted by Crippen LogP contribution is -2.67. The Balaban J connectivity index is 2.34. The van der Waals surface area contributed by atoms with E-state index in [9.17, 15) is 0 Å². The lowest BCUT2D eigenvalue weighted by molar-refractivity contribution is -0.0877. The number of hydrogen-bond donors (Lipinski definition) is 0. The van der Waals surface area contributed by atoms with Crippen LogP contribution in [0.4, 0.5) is 0 Å². The van der Waals surface area contributed by atoms with Gasteiger partial charge in [-0.25, -0.2) is 0 Å². The monoisotopic (exact) mass is 428 g/mol. The first kappa shape index (κ1) is 24.8. The van der Waals surface area contributed by atoms with Crippen LogP contribution in [0.15, 0.2) is 60.7 Å². The average molecular weight is 429 g/mol. The zero-order valence-corrected chi connectivity index (χ0v) is 20.5. The molecule has 30 heavy (non-hydrogen) atoms. The summed E-state index contributed by atoms with van der Waals surface area (Å²) in [4.78, 5) is 0. The molecule has 0 N–H and O–H groups in total. The van der Waals surface area contributed by atoms with Crippen molar-refractivity contribution in [2.24, 2.45) is 0 Å². The summed E-state index contributed by atoms with van der Waals surface area (Å²) in [6.07, 6.45) is 5.95. The van der Waals surface area contributed by atoms with Crippen LogP contribution in [-0.4, -0.2) is 34.9 Å². The molecule has 0 aliphatic carbocycles. The molecule has 0 aromatic heterocycles. The number of benzene rings is 2. The average Bonchev–Trinajstić information content (AvgIpc) is 2.75. The van der Waals surface area contributed by atoms with Gasteiger partial charge in [-0.05, 0) is 21.8 Å². The van der Waals surface area contributed by atoms with Crippen LogP contribution in [-0.2, 0) is 13.9 Å². The number of methoxy groups -OCH3 is 1. The molecule has 3 nitrogen and oxygen atoms in total. The van der Waals surface area contributed by atoms with E-state index in [-0.39, 0.29) is 11.1 Å². The highest BCUT2D eigenvalue weighted by atomic mass is 28.4. The summed E-state index contributed by atoms with van der Waals surface area (Å²) < 4.78 is 18.3. The van der Waals surface area contributed by atoms with Crippen molar-refractivity contribution >= 4 is 18.7 Å². The predicted octanol–water partition coefficient (Wildman–Crippen LogP) is 5.52. The van der Waals surface area contributed by atoms with E-state index in [1.54, 1.807) is 7.11 Å². The van der Waals surface area contributed by atoms with Gasteiger partial charge in [0.1, 0.15) is 6.79 Å². The Bertz CT molecular complexity index is 658. The fraction of sp³-hybridized carbons (Fsp3) is 0.538. The SMILES string of the molecule is CCCCCC[C@@H](CO[Si](c1ccccc1)(c1ccccc1)C(C)(C)C)OCOC. The van der Waals surface area contributed by atoms with E-state index < -0.39 is 8.32 Å². The zero-order chi connectivity index (χ0) is 21.9. The first-order valence-corrected chi connectivity index (χ1v) is 13.2. The second-order valence-corrected chi connectivity index (χ2v) is 13.3. The van der Waals surface area contributed by atoms with Gasteiger partial charge in [0, 0.05) is 7.11 Å². The standard InChI is InChI=1S/C26H40O3Si/c1-6-7-8-11-16-23(28-22-27-5)21-29-30(26(2,3)4,24-17-12-9-13-18-24)25-19-14-10-15-20-25/h9-10,12-15,17-20,23H,6-8,11,16,21-22H2,1-5H3/t23-/m0/s1. The van der Waals surface area contributed by atoms with Gasteiger partial charge in [0.05, 0.1) is 12.7 Å². The molecule has 1 atom stereocenters. The van der Waals surface area contributed by atoms with Gasteiger partial charge < -0.3 is 13.9 Å². The highest BCUT2D eigenvalue weighted by Crippen LogP contribution is 2.37. The van der Waals surface area contributed by atoms with Crippen LogP contribution >= 0.6 is 0 Å². The maximum atomic E-state index is 7.04. The first-order chi connectivity index (χ1) is 14.5. The summed E-state index contributed by atoms with van der Waals surface area (Å²) in [5.41, 5.74) is 0. The summed E-state index contributed by atoms with van der Waals surface area (Å²) in [6, 6.07) is 21.6. The van der Waals surface area contributed by atoms with E-state index in [1.807, 2.05) is 0 Å². The second kappa shape index (κ2) is 12.4. The summed E-state index contributed by atoms with van der Waals surface area (Å²) in [7, 11) is -0.849. The predicted molar refractivity (Wildman–Crippen MR) is 129 cm³/mol. The molecule has 0 radical (unpaired) electrons. The van der Waals surface area contributed by atoms with E-state index in [1.165, 1.54) is 29.6 Å². The van der Waals surface area contributed by atoms with Crippen molar-refractivity contribution in [3.63, 3.8) is 0 Å². The van der Waals surface area contributed by atoms with E-state index in [4.69, 9.17) is 13.9 Å². The fourth-order valence-corrected chi connectivity index (χ4v) is 8.75. The minimum atomic E-state index is -2.53. The molecule has 0 unspecified atom stereocenters. The van der Waals surface area contributed by atoms with Crippen molar-refractivity contribution in [2.45, 2.75) is 70.9 Å². The number of hydrogen-bond acceptors (Lipinski definition) is 3. The molecule has 0 saturated heterocycles. The Hall–Kier alpha value is -1.46. The van der Waals surface area contributed by atoms with Gasteiger partial charge in [-0.3, -0.25) is 0 Å². The maximum Gasteiger partial charge on any atom is 0.261 e. The highest BCUT2D eigenvalue weighted by molar-refractivity contribution is 6.99. The maximum absolute atomic E-state index is 7.04. The minimum Gasteiger partial charge on any atom is -0.405 e.